The maximum atomic E-state index is 13.1. The van der Waals surface area contributed by atoms with Gasteiger partial charge in [0.05, 0.1) is 6.54 Å². The number of hydrogen-bond donors (Lipinski definition) is 1. The summed E-state index contributed by atoms with van der Waals surface area (Å²) in [7, 11) is 0. The maximum Gasteiger partial charge on any atom is 0.159 e. The number of nitrogens with one attached hydrogen (secondary N) is 1. The lowest BCUT2D eigenvalue weighted by atomic mass is 10.1. The van der Waals surface area contributed by atoms with Gasteiger partial charge in [0.25, 0.3) is 0 Å². The highest BCUT2D eigenvalue weighted by molar-refractivity contribution is 5.20. The molecule has 1 aromatic carbocycles. The summed E-state index contributed by atoms with van der Waals surface area (Å²) in [4.78, 5) is 0. The molecule has 1 aromatic heterocycles. The number of halogens is 2. The van der Waals surface area contributed by atoms with E-state index in [0.717, 1.165) is 18.2 Å². The first-order chi connectivity index (χ1) is 8.66. The lowest BCUT2D eigenvalue weighted by Crippen LogP contribution is -2.23. The molecule has 2 rings (SSSR count). The fourth-order valence-electron chi connectivity index (χ4n) is 1.73. The zero-order chi connectivity index (χ0) is 13.0. The van der Waals surface area contributed by atoms with Crippen LogP contribution < -0.4 is 5.32 Å². The van der Waals surface area contributed by atoms with Crippen LogP contribution in [0.4, 0.5) is 8.78 Å². The Labute approximate surface area is 104 Å². The normalized spacial score (nSPS) is 12.6. The summed E-state index contributed by atoms with van der Waals surface area (Å²) in [6.07, 6.45) is 3.60. The first-order valence-electron chi connectivity index (χ1n) is 5.82. The van der Waals surface area contributed by atoms with Gasteiger partial charge in [-0.2, -0.15) is 5.10 Å². The minimum absolute atomic E-state index is 0.0318. The number of nitrogens with zero attached hydrogens (tertiary/aromatic N) is 2. The van der Waals surface area contributed by atoms with Gasteiger partial charge in [0.1, 0.15) is 0 Å². The molecule has 0 amide bonds. The van der Waals surface area contributed by atoms with Crippen molar-refractivity contribution in [1.29, 1.82) is 0 Å². The average molecular weight is 251 g/mol. The standard InChI is InChI=1S/C13H15F2N3/c1-10(11-3-4-12(14)13(15)9-11)16-6-8-18-7-2-5-17-18/h2-5,7,9-10,16H,6,8H2,1H3/t10-/m1/s1. The van der Waals surface area contributed by atoms with Crippen LogP contribution in [0.2, 0.25) is 0 Å². The molecule has 5 heteroatoms. The zero-order valence-electron chi connectivity index (χ0n) is 10.1. The summed E-state index contributed by atoms with van der Waals surface area (Å²) in [6, 6.07) is 5.79. The van der Waals surface area contributed by atoms with Gasteiger partial charge < -0.3 is 5.32 Å². The number of hydrogen-bond acceptors (Lipinski definition) is 2. The molecule has 0 unspecified atom stereocenters. The third-order valence-corrected chi connectivity index (χ3v) is 2.79. The van der Waals surface area contributed by atoms with E-state index in [0.29, 0.717) is 6.54 Å². The third kappa shape index (κ3) is 3.13. The molecular weight excluding hydrogens is 236 g/mol. The van der Waals surface area contributed by atoms with Gasteiger partial charge in [-0.15, -0.1) is 0 Å². The summed E-state index contributed by atoms with van der Waals surface area (Å²) < 4.78 is 27.7. The molecule has 0 saturated heterocycles. The highest BCUT2D eigenvalue weighted by atomic mass is 19.2. The van der Waals surface area contributed by atoms with Gasteiger partial charge in [-0.25, -0.2) is 8.78 Å². The minimum atomic E-state index is -0.817. The van der Waals surface area contributed by atoms with Gasteiger partial charge in [-0.1, -0.05) is 6.07 Å². The zero-order valence-corrected chi connectivity index (χ0v) is 10.1. The predicted octanol–water partition coefficient (Wildman–Crippen LogP) is 2.51. The summed E-state index contributed by atoms with van der Waals surface area (Å²) in [5.41, 5.74) is 0.731. The molecule has 0 radical (unpaired) electrons. The molecule has 0 aliphatic carbocycles. The van der Waals surface area contributed by atoms with Crippen LogP contribution in [0.15, 0.2) is 36.7 Å². The van der Waals surface area contributed by atoms with E-state index in [1.54, 1.807) is 12.3 Å². The molecule has 1 atom stereocenters. The molecule has 96 valence electrons. The summed E-state index contributed by atoms with van der Waals surface area (Å²) in [5, 5.41) is 7.31. The molecular formula is C13H15F2N3. The highest BCUT2D eigenvalue weighted by Crippen LogP contribution is 2.15. The Hall–Kier alpha value is -1.75. The average Bonchev–Trinajstić information content (AvgIpc) is 2.85. The van der Waals surface area contributed by atoms with E-state index < -0.39 is 11.6 Å². The Morgan fingerprint density at radius 1 is 1.33 bits per heavy atom. The molecule has 0 saturated carbocycles. The Morgan fingerprint density at radius 2 is 2.17 bits per heavy atom. The second-order valence-corrected chi connectivity index (χ2v) is 4.12. The van der Waals surface area contributed by atoms with Gasteiger partial charge in [-0.3, -0.25) is 4.68 Å². The molecule has 3 nitrogen and oxygen atoms in total. The van der Waals surface area contributed by atoms with Crippen molar-refractivity contribution in [2.24, 2.45) is 0 Å². The van der Waals surface area contributed by atoms with Crippen LogP contribution in [0.3, 0.4) is 0 Å². The highest BCUT2D eigenvalue weighted by Gasteiger charge is 2.08. The fraction of sp³-hybridized carbons (Fsp3) is 0.308. The Balaban J connectivity index is 1.87. The van der Waals surface area contributed by atoms with Crippen LogP contribution in [-0.4, -0.2) is 16.3 Å². The molecule has 2 aromatic rings. The van der Waals surface area contributed by atoms with E-state index in [1.807, 2.05) is 23.9 Å². The number of aromatic nitrogens is 2. The second kappa shape index (κ2) is 5.73. The lowest BCUT2D eigenvalue weighted by molar-refractivity contribution is 0.490. The van der Waals surface area contributed by atoms with Gasteiger partial charge in [0.2, 0.25) is 0 Å². The van der Waals surface area contributed by atoms with E-state index in [9.17, 15) is 8.78 Å². The van der Waals surface area contributed by atoms with Gasteiger partial charge in [-0.05, 0) is 30.7 Å². The van der Waals surface area contributed by atoms with Gasteiger partial charge in [0, 0.05) is 25.0 Å². The molecule has 18 heavy (non-hydrogen) atoms. The first kappa shape index (κ1) is 12.7. The van der Waals surface area contributed by atoms with Crippen LogP contribution in [0, 0.1) is 11.6 Å². The molecule has 0 spiro atoms. The van der Waals surface area contributed by atoms with Crippen molar-refractivity contribution in [3.63, 3.8) is 0 Å². The van der Waals surface area contributed by atoms with Crippen molar-refractivity contribution in [2.45, 2.75) is 19.5 Å². The monoisotopic (exact) mass is 251 g/mol. The van der Waals surface area contributed by atoms with Crippen LogP contribution in [0.1, 0.15) is 18.5 Å². The molecule has 1 N–H and O–H groups in total. The number of benzene rings is 1. The van der Waals surface area contributed by atoms with E-state index in [1.165, 1.54) is 6.07 Å². The van der Waals surface area contributed by atoms with Crippen LogP contribution in [0.25, 0.3) is 0 Å². The fourth-order valence-corrected chi connectivity index (χ4v) is 1.73. The second-order valence-electron chi connectivity index (χ2n) is 4.12. The Bertz CT molecular complexity index is 497. The van der Waals surface area contributed by atoms with Crippen molar-refractivity contribution in [3.8, 4) is 0 Å². The smallest absolute Gasteiger partial charge is 0.159 e. The number of rotatable bonds is 5. The van der Waals surface area contributed by atoms with Crippen LogP contribution in [0.5, 0.6) is 0 Å². The Morgan fingerprint density at radius 3 is 2.83 bits per heavy atom. The first-order valence-corrected chi connectivity index (χ1v) is 5.82. The minimum Gasteiger partial charge on any atom is -0.308 e. The van der Waals surface area contributed by atoms with Crippen LogP contribution >= 0.6 is 0 Å². The van der Waals surface area contributed by atoms with Crippen molar-refractivity contribution in [1.82, 2.24) is 15.1 Å². The molecule has 0 aliphatic rings. The lowest BCUT2D eigenvalue weighted by Gasteiger charge is -2.14. The topological polar surface area (TPSA) is 29.9 Å². The Kier molecular flexibility index (Phi) is 4.04. The largest absolute Gasteiger partial charge is 0.308 e. The van der Waals surface area contributed by atoms with Crippen molar-refractivity contribution in [2.75, 3.05) is 6.54 Å². The van der Waals surface area contributed by atoms with Crippen molar-refractivity contribution >= 4 is 0 Å². The predicted molar refractivity (Wildman–Crippen MR) is 65.0 cm³/mol. The van der Waals surface area contributed by atoms with Gasteiger partial charge >= 0.3 is 0 Å². The van der Waals surface area contributed by atoms with Crippen molar-refractivity contribution in [3.05, 3.63) is 53.9 Å². The summed E-state index contributed by atoms with van der Waals surface area (Å²) in [6.45, 7) is 3.36. The summed E-state index contributed by atoms with van der Waals surface area (Å²) in [5.74, 6) is -1.63. The molecule has 0 fully saturated rings. The molecule has 0 aliphatic heterocycles. The molecule has 0 bridgehead atoms. The summed E-state index contributed by atoms with van der Waals surface area (Å²) >= 11 is 0. The van der Waals surface area contributed by atoms with E-state index in [4.69, 9.17) is 0 Å². The SMILES string of the molecule is C[C@@H](NCCn1cccn1)c1ccc(F)c(F)c1. The van der Waals surface area contributed by atoms with Crippen LogP contribution in [-0.2, 0) is 6.54 Å². The quantitative estimate of drug-likeness (QED) is 0.885. The van der Waals surface area contributed by atoms with E-state index in [2.05, 4.69) is 10.4 Å². The molecule has 1 heterocycles. The van der Waals surface area contributed by atoms with Crippen molar-refractivity contribution < 1.29 is 8.78 Å². The maximum absolute atomic E-state index is 13.1. The van der Waals surface area contributed by atoms with Gasteiger partial charge in [0.15, 0.2) is 11.6 Å². The van der Waals surface area contributed by atoms with E-state index >= 15 is 0 Å². The third-order valence-electron chi connectivity index (χ3n) is 2.79. The van der Waals surface area contributed by atoms with E-state index in [-0.39, 0.29) is 6.04 Å².